The van der Waals surface area contributed by atoms with Crippen LogP contribution in [0.1, 0.15) is 27.5 Å². The van der Waals surface area contributed by atoms with E-state index in [0.717, 1.165) is 51.8 Å². The molecule has 7 nitrogen and oxygen atoms in total. The van der Waals surface area contributed by atoms with E-state index in [1.165, 1.54) is 34.9 Å². The quantitative estimate of drug-likeness (QED) is 0.223. The Morgan fingerprint density at radius 2 is 1.65 bits per heavy atom. The fourth-order valence-corrected chi connectivity index (χ4v) is 8.11. The van der Waals surface area contributed by atoms with Crippen molar-refractivity contribution in [2.75, 3.05) is 10.2 Å². The molecule has 13 heteroatoms. The summed E-state index contributed by atoms with van der Waals surface area (Å²) in [6.07, 6.45) is -4.70. The molecule has 1 fully saturated rings. The van der Waals surface area contributed by atoms with Gasteiger partial charge in [-0.25, -0.2) is 9.29 Å². The van der Waals surface area contributed by atoms with Crippen LogP contribution in [0.4, 0.5) is 28.9 Å². The van der Waals surface area contributed by atoms with Crippen LogP contribution in [-0.4, -0.2) is 27.5 Å². The molecule has 43 heavy (non-hydrogen) atoms. The number of hydrogen-bond acceptors (Lipinski definition) is 6. The highest BCUT2D eigenvalue weighted by Crippen LogP contribution is 2.54. The molecule has 3 heterocycles. The number of aryl methyl sites for hydroxylation is 1. The Labute approximate surface area is 250 Å². The topological polar surface area (TPSA) is 88.5 Å². The van der Waals surface area contributed by atoms with Gasteiger partial charge in [-0.15, -0.1) is 0 Å². The molecule has 3 aromatic carbocycles. The molecule has 2 unspecified atom stereocenters. The number of nitrogens with zero attached hydrogens (tertiary/aromatic N) is 2. The molecular formula is C30H21F4N3O4S2. The van der Waals surface area contributed by atoms with E-state index in [2.05, 4.69) is 5.32 Å². The van der Waals surface area contributed by atoms with Crippen molar-refractivity contribution < 1.29 is 31.9 Å². The van der Waals surface area contributed by atoms with Crippen LogP contribution in [0.5, 0.6) is 0 Å². The standard InChI is InChI=1S/C30H21F4N3O4S2/c1-15-5-11-19(12-6-15)35-21(38)14-36-28-25(43-29(36)41)22(16-7-9-18(31)10-8-16)23-24(42-28)27(40)37(26(23)39)20-4-2-3-17(13-20)30(32,33)34/h2-13,22-24H,14H2,1H3,(H,35,38)/t22-,23?,24?/m0/s1. The van der Waals surface area contributed by atoms with Gasteiger partial charge in [-0.2, -0.15) is 13.2 Å². The summed E-state index contributed by atoms with van der Waals surface area (Å²) in [4.78, 5) is 54.4. The summed E-state index contributed by atoms with van der Waals surface area (Å²) >= 11 is 1.74. The zero-order valence-electron chi connectivity index (χ0n) is 22.2. The first-order valence-corrected chi connectivity index (χ1v) is 14.7. The van der Waals surface area contributed by atoms with E-state index in [1.807, 2.05) is 19.1 Å². The van der Waals surface area contributed by atoms with Crippen LogP contribution >= 0.6 is 23.1 Å². The number of alkyl halides is 3. The lowest BCUT2D eigenvalue weighted by atomic mass is 9.83. The Balaban J connectivity index is 1.40. The van der Waals surface area contributed by atoms with E-state index in [1.54, 1.807) is 12.1 Å². The average Bonchev–Trinajstić information content (AvgIpc) is 3.40. The maximum atomic E-state index is 13.9. The molecule has 3 atom stereocenters. The van der Waals surface area contributed by atoms with Crippen molar-refractivity contribution in [2.24, 2.45) is 5.92 Å². The van der Waals surface area contributed by atoms with Crippen LogP contribution < -0.4 is 15.1 Å². The van der Waals surface area contributed by atoms with Crippen molar-refractivity contribution in [2.45, 2.75) is 35.8 Å². The number of amides is 3. The summed E-state index contributed by atoms with van der Waals surface area (Å²) in [5.74, 6) is -4.47. The molecule has 0 spiro atoms. The molecule has 2 aliphatic heterocycles. The van der Waals surface area contributed by atoms with Gasteiger partial charge in [0.2, 0.25) is 17.7 Å². The number of carbonyl (C=O) groups is 3. The molecule has 2 aliphatic rings. The molecule has 0 saturated carbocycles. The fourth-order valence-electron chi connectivity index (χ4n) is 5.34. The van der Waals surface area contributed by atoms with E-state index in [0.29, 0.717) is 21.2 Å². The SMILES string of the molecule is Cc1ccc(NC(=O)Cn2c3c(sc2=O)[C@@H](c2ccc(F)cc2)C2C(=O)N(c4cccc(C(F)(F)F)c4)C(=O)C2S3)cc1. The van der Waals surface area contributed by atoms with Crippen molar-refractivity contribution in [1.82, 2.24) is 4.57 Å². The first-order chi connectivity index (χ1) is 20.4. The number of nitrogens with one attached hydrogen (secondary N) is 1. The molecular weight excluding hydrogens is 606 g/mol. The Hall–Kier alpha value is -4.23. The molecule has 0 radical (unpaired) electrons. The third-order valence-electron chi connectivity index (χ3n) is 7.35. The van der Waals surface area contributed by atoms with Crippen LogP contribution in [0.2, 0.25) is 0 Å². The summed E-state index contributed by atoms with van der Waals surface area (Å²) in [6, 6.07) is 16.3. The van der Waals surface area contributed by atoms with E-state index in [-0.39, 0.29) is 12.2 Å². The van der Waals surface area contributed by atoms with Gasteiger partial charge in [0, 0.05) is 16.5 Å². The van der Waals surface area contributed by atoms with Crippen molar-refractivity contribution >= 4 is 52.2 Å². The van der Waals surface area contributed by atoms with Crippen LogP contribution in [0.25, 0.3) is 0 Å². The smallest absolute Gasteiger partial charge is 0.325 e. The van der Waals surface area contributed by atoms with Gasteiger partial charge in [0.25, 0.3) is 0 Å². The lowest BCUT2D eigenvalue weighted by molar-refractivity contribution is -0.137. The normalized spacial score (nSPS) is 19.7. The number of thiazole rings is 1. The second-order valence-corrected chi connectivity index (χ2v) is 12.3. The summed E-state index contributed by atoms with van der Waals surface area (Å²) in [5.41, 5.74) is 0.723. The van der Waals surface area contributed by atoms with E-state index < -0.39 is 57.2 Å². The molecule has 1 aromatic heterocycles. The summed E-state index contributed by atoms with van der Waals surface area (Å²) < 4.78 is 55.5. The molecule has 1 N–H and O–H groups in total. The van der Waals surface area contributed by atoms with Crippen molar-refractivity contribution in [3.05, 3.63) is 110 Å². The lowest BCUT2D eigenvalue weighted by Gasteiger charge is -2.30. The molecule has 0 bridgehead atoms. The summed E-state index contributed by atoms with van der Waals surface area (Å²) in [7, 11) is 0. The van der Waals surface area contributed by atoms with Gasteiger partial charge in [-0.05, 0) is 55.0 Å². The van der Waals surface area contributed by atoms with Crippen molar-refractivity contribution in [3.8, 4) is 0 Å². The Kier molecular flexibility index (Phi) is 7.25. The Bertz CT molecular complexity index is 1820. The summed E-state index contributed by atoms with van der Waals surface area (Å²) in [6.45, 7) is 1.52. The number of aromatic nitrogens is 1. The summed E-state index contributed by atoms with van der Waals surface area (Å²) in [5, 5.41) is 1.93. The highest BCUT2D eigenvalue weighted by atomic mass is 32.2. The predicted octanol–water partition coefficient (Wildman–Crippen LogP) is 5.81. The van der Waals surface area contributed by atoms with Crippen LogP contribution in [0.15, 0.2) is 82.6 Å². The fraction of sp³-hybridized carbons (Fsp3) is 0.200. The van der Waals surface area contributed by atoms with Gasteiger partial charge >= 0.3 is 11.0 Å². The molecule has 6 rings (SSSR count). The number of rotatable bonds is 5. The maximum Gasteiger partial charge on any atom is 0.416 e. The van der Waals surface area contributed by atoms with Crippen LogP contribution in [-0.2, 0) is 27.1 Å². The first kappa shape index (κ1) is 28.9. The predicted molar refractivity (Wildman–Crippen MR) is 154 cm³/mol. The number of hydrogen-bond donors (Lipinski definition) is 1. The number of thioether (sulfide) groups is 1. The van der Waals surface area contributed by atoms with Gasteiger partial charge < -0.3 is 5.32 Å². The van der Waals surface area contributed by atoms with Gasteiger partial charge in [0.15, 0.2) is 0 Å². The zero-order valence-corrected chi connectivity index (χ0v) is 23.9. The minimum atomic E-state index is -4.70. The minimum Gasteiger partial charge on any atom is -0.325 e. The van der Waals surface area contributed by atoms with Crippen molar-refractivity contribution in [1.29, 1.82) is 0 Å². The third-order valence-corrected chi connectivity index (χ3v) is 9.95. The highest BCUT2D eigenvalue weighted by molar-refractivity contribution is 8.00. The zero-order chi connectivity index (χ0) is 30.6. The number of fused-ring (bicyclic) bond motifs is 2. The average molecular weight is 628 g/mol. The minimum absolute atomic E-state index is 0.226. The van der Waals surface area contributed by atoms with Gasteiger partial charge in [0.1, 0.15) is 17.6 Å². The van der Waals surface area contributed by atoms with E-state index in [4.69, 9.17) is 0 Å². The van der Waals surface area contributed by atoms with Crippen LogP contribution in [0, 0.1) is 18.7 Å². The Morgan fingerprint density at radius 3 is 2.33 bits per heavy atom. The number of imide groups is 1. The lowest BCUT2D eigenvalue weighted by Crippen LogP contribution is -2.33. The second kappa shape index (κ2) is 10.8. The number of halogens is 4. The first-order valence-electron chi connectivity index (χ1n) is 13.0. The molecule has 220 valence electrons. The second-order valence-electron chi connectivity index (χ2n) is 10.2. The largest absolute Gasteiger partial charge is 0.416 e. The Morgan fingerprint density at radius 1 is 0.953 bits per heavy atom. The maximum absolute atomic E-state index is 13.9. The number of anilines is 2. The third kappa shape index (κ3) is 5.27. The molecule has 3 amide bonds. The van der Waals surface area contributed by atoms with Crippen molar-refractivity contribution in [3.63, 3.8) is 0 Å². The van der Waals surface area contributed by atoms with E-state index >= 15 is 0 Å². The number of benzene rings is 3. The van der Waals surface area contributed by atoms with Gasteiger partial charge in [-0.1, -0.05) is 59.0 Å². The highest BCUT2D eigenvalue weighted by Gasteiger charge is 2.57. The number of carbonyl (C=O) groups excluding carboxylic acids is 3. The monoisotopic (exact) mass is 627 g/mol. The van der Waals surface area contributed by atoms with Crippen LogP contribution in [0.3, 0.4) is 0 Å². The molecule has 0 aliphatic carbocycles. The van der Waals surface area contributed by atoms with Gasteiger partial charge in [-0.3, -0.25) is 23.7 Å². The molecule has 1 saturated heterocycles. The van der Waals surface area contributed by atoms with Gasteiger partial charge in [0.05, 0.1) is 22.2 Å². The molecule has 4 aromatic rings. The van der Waals surface area contributed by atoms with E-state index in [9.17, 15) is 36.7 Å².